The first-order valence-electron chi connectivity index (χ1n) is 5.79. The highest BCUT2D eigenvalue weighted by Gasteiger charge is 2.18. The summed E-state index contributed by atoms with van der Waals surface area (Å²) in [4.78, 5) is 0. The second-order valence-electron chi connectivity index (χ2n) is 4.16. The van der Waals surface area contributed by atoms with Gasteiger partial charge in [-0.1, -0.05) is 25.7 Å². The first-order valence-corrected chi connectivity index (χ1v) is 5.79. The molecule has 1 saturated carbocycles. The van der Waals surface area contributed by atoms with Crippen LogP contribution in [0, 0.1) is 0 Å². The lowest BCUT2D eigenvalue weighted by molar-refractivity contribution is 0.527. The van der Waals surface area contributed by atoms with Crippen molar-refractivity contribution >= 4 is 0 Å². The smallest absolute Gasteiger partial charge is 0.135 e. The van der Waals surface area contributed by atoms with Gasteiger partial charge in [0.05, 0.1) is 0 Å². The van der Waals surface area contributed by atoms with Crippen LogP contribution < -0.4 is 0 Å². The van der Waals surface area contributed by atoms with E-state index < -0.39 is 0 Å². The van der Waals surface area contributed by atoms with Gasteiger partial charge in [-0.2, -0.15) is 0 Å². The van der Waals surface area contributed by atoms with Gasteiger partial charge in [-0.05, 0) is 19.8 Å². The van der Waals surface area contributed by atoms with E-state index in [0.29, 0.717) is 5.92 Å². The van der Waals surface area contributed by atoms with Crippen LogP contribution in [0.15, 0.2) is 6.33 Å². The van der Waals surface area contributed by atoms with Crippen LogP contribution >= 0.6 is 0 Å². The lowest BCUT2D eigenvalue weighted by atomic mass is 9.99. The zero-order valence-corrected chi connectivity index (χ0v) is 8.95. The highest BCUT2D eigenvalue weighted by atomic mass is 15.3. The van der Waals surface area contributed by atoms with Gasteiger partial charge < -0.3 is 4.57 Å². The molecule has 1 aliphatic rings. The molecule has 0 aromatic carbocycles. The quantitative estimate of drug-likeness (QED) is 0.676. The van der Waals surface area contributed by atoms with Crippen LogP contribution in [0.1, 0.15) is 57.2 Å². The van der Waals surface area contributed by atoms with Gasteiger partial charge in [0.15, 0.2) is 0 Å². The summed E-state index contributed by atoms with van der Waals surface area (Å²) in [5.41, 5.74) is 0. The summed E-state index contributed by atoms with van der Waals surface area (Å²) in [6, 6.07) is 0. The molecule has 1 aromatic rings. The molecule has 0 bridgehead atoms. The summed E-state index contributed by atoms with van der Waals surface area (Å²) < 4.78 is 2.19. The average molecular weight is 193 g/mol. The van der Waals surface area contributed by atoms with E-state index in [1.54, 1.807) is 0 Å². The fraction of sp³-hybridized carbons (Fsp3) is 0.818. The molecule has 0 spiro atoms. The van der Waals surface area contributed by atoms with Crippen LogP contribution in [-0.2, 0) is 6.54 Å². The lowest BCUT2D eigenvalue weighted by Gasteiger charge is -2.13. The Bertz CT molecular complexity index is 272. The Morgan fingerprint density at radius 2 is 2.00 bits per heavy atom. The van der Waals surface area contributed by atoms with Crippen LogP contribution in [0.5, 0.6) is 0 Å². The summed E-state index contributed by atoms with van der Waals surface area (Å²) in [6.07, 6.45) is 9.99. The number of aromatic nitrogens is 3. The van der Waals surface area contributed by atoms with E-state index in [1.807, 2.05) is 6.33 Å². The molecule has 0 saturated heterocycles. The van der Waals surface area contributed by atoms with Gasteiger partial charge in [-0.15, -0.1) is 10.2 Å². The largest absolute Gasteiger partial charge is 0.318 e. The third-order valence-electron chi connectivity index (χ3n) is 3.21. The van der Waals surface area contributed by atoms with Gasteiger partial charge in [0.1, 0.15) is 12.2 Å². The molecule has 78 valence electrons. The number of hydrogen-bond donors (Lipinski definition) is 0. The molecule has 14 heavy (non-hydrogen) atoms. The third kappa shape index (κ3) is 1.97. The Morgan fingerprint density at radius 1 is 1.29 bits per heavy atom. The van der Waals surface area contributed by atoms with Gasteiger partial charge in [-0.3, -0.25) is 0 Å². The summed E-state index contributed by atoms with van der Waals surface area (Å²) >= 11 is 0. The molecule has 0 aliphatic heterocycles. The molecule has 3 heteroatoms. The Kier molecular flexibility index (Phi) is 3.17. The molecule has 0 amide bonds. The zero-order chi connectivity index (χ0) is 9.80. The minimum absolute atomic E-state index is 0.667. The second kappa shape index (κ2) is 4.58. The topological polar surface area (TPSA) is 30.7 Å². The van der Waals surface area contributed by atoms with Crippen LogP contribution in [0.25, 0.3) is 0 Å². The lowest BCUT2D eigenvalue weighted by Crippen LogP contribution is -2.07. The fourth-order valence-electron chi connectivity index (χ4n) is 2.36. The highest BCUT2D eigenvalue weighted by molar-refractivity contribution is 4.96. The first-order chi connectivity index (χ1) is 6.92. The van der Waals surface area contributed by atoms with Crippen molar-refractivity contribution in [1.82, 2.24) is 14.8 Å². The summed E-state index contributed by atoms with van der Waals surface area (Å²) in [6.45, 7) is 3.16. The molecule has 1 aliphatic carbocycles. The predicted molar refractivity (Wildman–Crippen MR) is 56.1 cm³/mol. The molecule has 2 rings (SSSR count). The maximum atomic E-state index is 4.27. The van der Waals surface area contributed by atoms with Crippen molar-refractivity contribution in [3.8, 4) is 0 Å². The predicted octanol–water partition coefficient (Wildman–Crippen LogP) is 2.74. The number of hydrogen-bond acceptors (Lipinski definition) is 2. The Labute approximate surface area is 85.5 Å². The summed E-state index contributed by atoms with van der Waals surface area (Å²) in [7, 11) is 0. The third-order valence-corrected chi connectivity index (χ3v) is 3.21. The number of rotatable bonds is 2. The van der Waals surface area contributed by atoms with E-state index in [0.717, 1.165) is 6.54 Å². The van der Waals surface area contributed by atoms with E-state index in [-0.39, 0.29) is 0 Å². The van der Waals surface area contributed by atoms with Crippen molar-refractivity contribution in [2.24, 2.45) is 0 Å². The van der Waals surface area contributed by atoms with E-state index in [2.05, 4.69) is 21.7 Å². The van der Waals surface area contributed by atoms with Crippen molar-refractivity contribution in [2.45, 2.75) is 57.9 Å². The van der Waals surface area contributed by atoms with Crippen molar-refractivity contribution in [2.75, 3.05) is 0 Å². The highest BCUT2D eigenvalue weighted by Crippen LogP contribution is 2.30. The van der Waals surface area contributed by atoms with E-state index in [1.165, 1.54) is 44.3 Å². The van der Waals surface area contributed by atoms with E-state index in [9.17, 15) is 0 Å². The first kappa shape index (κ1) is 9.69. The van der Waals surface area contributed by atoms with Gasteiger partial charge in [0, 0.05) is 12.5 Å². The van der Waals surface area contributed by atoms with Crippen molar-refractivity contribution < 1.29 is 0 Å². The Morgan fingerprint density at radius 3 is 2.64 bits per heavy atom. The average Bonchev–Trinajstić information content (AvgIpc) is 2.52. The molecule has 0 atom stereocenters. The molecule has 0 N–H and O–H groups in total. The molecule has 0 radical (unpaired) electrons. The summed E-state index contributed by atoms with van der Waals surface area (Å²) in [5.74, 6) is 1.88. The monoisotopic (exact) mass is 193 g/mol. The van der Waals surface area contributed by atoms with Crippen molar-refractivity contribution in [3.63, 3.8) is 0 Å². The van der Waals surface area contributed by atoms with E-state index >= 15 is 0 Å². The zero-order valence-electron chi connectivity index (χ0n) is 8.95. The Balaban J connectivity index is 2.11. The molecule has 1 aromatic heterocycles. The fourth-order valence-corrected chi connectivity index (χ4v) is 2.36. The molecular weight excluding hydrogens is 174 g/mol. The molecule has 3 nitrogen and oxygen atoms in total. The van der Waals surface area contributed by atoms with Gasteiger partial charge >= 0.3 is 0 Å². The molecule has 0 unspecified atom stereocenters. The van der Waals surface area contributed by atoms with Crippen molar-refractivity contribution in [1.29, 1.82) is 0 Å². The van der Waals surface area contributed by atoms with E-state index in [4.69, 9.17) is 0 Å². The number of nitrogens with zero attached hydrogens (tertiary/aromatic N) is 3. The summed E-state index contributed by atoms with van der Waals surface area (Å²) in [5, 5.41) is 8.28. The van der Waals surface area contributed by atoms with Crippen LogP contribution in [0.3, 0.4) is 0 Å². The minimum Gasteiger partial charge on any atom is -0.318 e. The normalized spacial score (nSPS) is 19.5. The minimum atomic E-state index is 0.667. The van der Waals surface area contributed by atoms with Gasteiger partial charge in [0.25, 0.3) is 0 Å². The van der Waals surface area contributed by atoms with Crippen LogP contribution in [0.2, 0.25) is 0 Å². The molecule has 1 fully saturated rings. The molecular formula is C11H19N3. The van der Waals surface area contributed by atoms with Gasteiger partial charge in [-0.25, -0.2) is 0 Å². The molecule has 1 heterocycles. The van der Waals surface area contributed by atoms with Crippen molar-refractivity contribution in [3.05, 3.63) is 12.2 Å². The van der Waals surface area contributed by atoms with Crippen LogP contribution in [0.4, 0.5) is 0 Å². The Hall–Kier alpha value is -0.860. The maximum Gasteiger partial charge on any atom is 0.135 e. The SMILES string of the molecule is CCn1cnnc1C1CCCCCC1. The standard InChI is InChI=1S/C11H19N3/c1-2-14-9-12-13-11(14)10-7-5-3-4-6-8-10/h9-10H,2-8H2,1H3. The van der Waals surface area contributed by atoms with Crippen LogP contribution in [-0.4, -0.2) is 14.8 Å². The second-order valence-corrected chi connectivity index (χ2v) is 4.16. The maximum absolute atomic E-state index is 4.27. The number of aryl methyl sites for hydroxylation is 1. The van der Waals surface area contributed by atoms with Gasteiger partial charge in [0.2, 0.25) is 0 Å².